The van der Waals surface area contributed by atoms with Crippen LogP contribution in [0.2, 0.25) is 0 Å². The van der Waals surface area contributed by atoms with Crippen LogP contribution in [-0.4, -0.2) is 36.5 Å². The zero-order chi connectivity index (χ0) is 20.3. The van der Waals surface area contributed by atoms with Crippen LogP contribution in [0.3, 0.4) is 0 Å². The molecule has 0 aromatic carbocycles. The van der Waals surface area contributed by atoms with Gasteiger partial charge < -0.3 is 10.6 Å². The van der Waals surface area contributed by atoms with Crippen LogP contribution >= 0.6 is 11.6 Å². The maximum Gasteiger partial charge on any atom is 0.0829 e. The van der Waals surface area contributed by atoms with Gasteiger partial charge in [-0.2, -0.15) is 0 Å². The number of fused-ring (bicyclic) bond motifs is 1. The molecule has 0 fully saturated rings. The summed E-state index contributed by atoms with van der Waals surface area (Å²) >= 11 is 6.51. The molecule has 0 spiro atoms. The average Bonchev–Trinajstić information content (AvgIpc) is 3.09. The number of nitrogens with one attached hydrogen (secondary N) is 2. The number of hydrogen-bond acceptors (Lipinski definition) is 4. The van der Waals surface area contributed by atoms with Gasteiger partial charge in [-0.1, -0.05) is 30.2 Å². The van der Waals surface area contributed by atoms with Gasteiger partial charge in [0.25, 0.3) is 0 Å². The average molecular weight is 413 g/mol. The molecule has 3 atom stereocenters. The fraction of sp³-hybridized carbons (Fsp3) is 0.583. The van der Waals surface area contributed by atoms with Crippen LogP contribution in [0.25, 0.3) is 0 Å². The summed E-state index contributed by atoms with van der Waals surface area (Å²) in [6.07, 6.45) is 12.7. The first-order valence-electron chi connectivity index (χ1n) is 11.1. The molecule has 0 saturated carbocycles. The number of aryl methyl sites for hydroxylation is 1. The predicted molar refractivity (Wildman–Crippen MR) is 122 cm³/mol. The van der Waals surface area contributed by atoms with Crippen molar-refractivity contribution in [3.8, 4) is 0 Å². The fourth-order valence-electron chi connectivity index (χ4n) is 4.90. The minimum Gasteiger partial charge on any atom is -0.369 e. The topological polar surface area (TPSA) is 49.3 Å². The van der Waals surface area contributed by atoms with E-state index in [1.807, 2.05) is 12.5 Å². The highest BCUT2D eigenvalue weighted by atomic mass is 35.5. The third-order valence-electron chi connectivity index (χ3n) is 6.70. The Morgan fingerprint density at radius 3 is 3.03 bits per heavy atom. The normalized spacial score (nSPS) is 28.4. The van der Waals surface area contributed by atoms with Crippen LogP contribution in [0.1, 0.15) is 63.1 Å². The third-order valence-corrected chi connectivity index (χ3v) is 7.18. The van der Waals surface area contributed by atoms with E-state index < -0.39 is 0 Å². The van der Waals surface area contributed by atoms with Gasteiger partial charge in [-0.05, 0) is 87.7 Å². The number of aromatic nitrogens is 1. The second kappa shape index (κ2) is 9.01. The lowest BCUT2D eigenvalue weighted by Crippen LogP contribution is -2.40. The Bertz CT molecular complexity index is 818. The van der Waals surface area contributed by atoms with Crippen molar-refractivity contribution in [2.45, 2.75) is 63.8 Å². The fourth-order valence-corrected chi connectivity index (χ4v) is 5.11. The molecule has 29 heavy (non-hydrogen) atoms. The minimum atomic E-state index is 0.148. The second-order valence-electron chi connectivity index (χ2n) is 9.10. The molecular weight excluding hydrogens is 380 g/mol. The third kappa shape index (κ3) is 4.75. The van der Waals surface area contributed by atoms with Crippen molar-refractivity contribution in [2.75, 3.05) is 19.6 Å². The summed E-state index contributed by atoms with van der Waals surface area (Å²) in [7, 11) is 0. The second-order valence-corrected chi connectivity index (χ2v) is 9.54. The highest BCUT2D eigenvalue weighted by molar-refractivity contribution is 6.30. The van der Waals surface area contributed by atoms with Gasteiger partial charge in [-0.15, -0.1) is 0 Å². The van der Waals surface area contributed by atoms with Gasteiger partial charge in [-0.3, -0.25) is 9.98 Å². The van der Waals surface area contributed by atoms with Crippen molar-refractivity contribution >= 4 is 17.9 Å². The lowest BCUT2D eigenvalue weighted by Gasteiger charge is -2.28. The van der Waals surface area contributed by atoms with Crippen LogP contribution in [0.15, 0.2) is 45.6 Å². The summed E-state index contributed by atoms with van der Waals surface area (Å²) in [6.45, 7) is 7.45. The van der Waals surface area contributed by atoms with Crippen LogP contribution < -0.4 is 10.6 Å². The van der Waals surface area contributed by atoms with E-state index in [1.54, 1.807) is 5.57 Å². The van der Waals surface area contributed by atoms with Gasteiger partial charge in [-0.25, -0.2) is 0 Å². The van der Waals surface area contributed by atoms with E-state index in [4.69, 9.17) is 16.6 Å². The summed E-state index contributed by atoms with van der Waals surface area (Å²) in [6, 6.07) is 4.33. The van der Waals surface area contributed by atoms with Crippen molar-refractivity contribution in [1.29, 1.82) is 0 Å². The predicted octanol–water partition coefficient (Wildman–Crippen LogP) is 4.72. The first-order chi connectivity index (χ1) is 14.1. The first kappa shape index (κ1) is 20.6. The Morgan fingerprint density at radius 1 is 1.31 bits per heavy atom. The molecule has 3 unspecified atom stereocenters. The molecule has 156 valence electrons. The smallest absolute Gasteiger partial charge is 0.0829 e. The Morgan fingerprint density at radius 2 is 2.21 bits per heavy atom. The summed E-state index contributed by atoms with van der Waals surface area (Å²) in [5, 5.41) is 8.07. The summed E-state index contributed by atoms with van der Waals surface area (Å²) < 4.78 is 0. The number of hydrogen-bond donors (Lipinski definition) is 2. The van der Waals surface area contributed by atoms with Gasteiger partial charge >= 0.3 is 0 Å². The number of allylic oxidation sites excluding steroid dienone is 4. The molecule has 0 radical (unpaired) electrons. The Kier molecular flexibility index (Phi) is 6.41. The van der Waals surface area contributed by atoms with E-state index in [1.165, 1.54) is 16.8 Å². The molecular formula is C24H33ClN4. The molecule has 3 aliphatic rings. The van der Waals surface area contributed by atoms with Crippen molar-refractivity contribution in [2.24, 2.45) is 10.9 Å². The lowest BCUT2D eigenvalue weighted by atomic mass is 9.80. The minimum absolute atomic E-state index is 0.148. The molecule has 2 aliphatic carbocycles. The van der Waals surface area contributed by atoms with Gasteiger partial charge in [0.15, 0.2) is 0 Å². The van der Waals surface area contributed by atoms with Crippen LogP contribution in [0.5, 0.6) is 0 Å². The van der Waals surface area contributed by atoms with E-state index in [-0.39, 0.29) is 5.54 Å². The molecule has 2 N–H and O–H groups in total. The van der Waals surface area contributed by atoms with E-state index >= 15 is 0 Å². The van der Waals surface area contributed by atoms with Crippen molar-refractivity contribution < 1.29 is 0 Å². The monoisotopic (exact) mass is 412 g/mol. The molecule has 5 heteroatoms. The highest BCUT2D eigenvalue weighted by Crippen LogP contribution is 2.44. The molecule has 0 amide bonds. The van der Waals surface area contributed by atoms with Crippen LogP contribution in [-0.2, 0) is 6.42 Å². The zero-order valence-electron chi connectivity index (χ0n) is 17.7. The van der Waals surface area contributed by atoms with Gasteiger partial charge in [0, 0.05) is 17.1 Å². The number of nitrogens with zero attached hydrogens (tertiary/aromatic N) is 2. The molecule has 1 aromatic heterocycles. The molecule has 0 bridgehead atoms. The van der Waals surface area contributed by atoms with Crippen LogP contribution in [0, 0.1) is 5.92 Å². The molecule has 4 rings (SSSR count). The molecule has 1 aromatic rings. The number of pyridine rings is 1. The largest absolute Gasteiger partial charge is 0.369 e. The Labute approximate surface area is 179 Å². The van der Waals surface area contributed by atoms with Gasteiger partial charge in [0.05, 0.1) is 24.1 Å². The SMILES string of the molecule is CC1CC2=C(C=C1Cl)CCc1cccnc1C2CCNCCCC1(C)CN=CN1. The summed E-state index contributed by atoms with van der Waals surface area (Å²) in [4.78, 5) is 9.14. The van der Waals surface area contributed by atoms with E-state index in [9.17, 15) is 0 Å². The first-order valence-corrected chi connectivity index (χ1v) is 11.4. The molecule has 0 saturated heterocycles. The Balaban J connectivity index is 1.39. The standard InChI is InChI=1S/C24H33ClN4/c1-17-13-21-19(14-22(17)25)7-6-18-5-3-11-28-23(18)20(21)8-12-26-10-4-9-24(2)15-27-16-29-24/h3,5,11,14,16-17,20,26H,4,6-10,12-13,15H2,1-2H3,(H,27,29). The lowest BCUT2D eigenvalue weighted by molar-refractivity contribution is 0.402. The van der Waals surface area contributed by atoms with E-state index in [0.29, 0.717) is 11.8 Å². The number of aliphatic imine (C=N–C) groups is 1. The highest BCUT2D eigenvalue weighted by Gasteiger charge is 2.30. The number of rotatable bonds is 7. The van der Waals surface area contributed by atoms with Crippen LogP contribution in [0.4, 0.5) is 0 Å². The van der Waals surface area contributed by atoms with Crippen molar-refractivity contribution in [3.05, 3.63) is 51.8 Å². The van der Waals surface area contributed by atoms with Crippen molar-refractivity contribution in [3.63, 3.8) is 0 Å². The summed E-state index contributed by atoms with van der Waals surface area (Å²) in [5.41, 5.74) is 5.87. The van der Waals surface area contributed by atoms with Crippen molar-refractivity contribution in [1.82, 2.24) is 15.6 Å². The van der Waals surface area contributed by atoms with Gasteiger partial charge in [0.1, 0.15) is 0 Å². The van der Waals surface area contributed by atoms with Gasteiger partial charge in [0.2, 0.25) is 0 Å². The molecule has 4 nitrogen and oxygen atoms in total. The quantitative estimate of drug-likeness (QED) is 0.637. The summed E-state index contributed by atoms with van der Waals surface area (Å²) in [5.74, 6) is 0.820. The zero-order valence-corrected chi connectivity index (χ0v) is 18.4. The number of halogens is 1. The van der Waals surface area contributed by atoms with E-state index in [2.05, 4.69) is 47.7 Å². The molecule has 2 heterocycles. The Hall–Kier alpha value is -1.65. The van der Waals surface area contributed by atoms with E-state index in [0.717, 1.165) is 63.2 Å². The maximum atomic E-state index is 6.51. The molecule has 1 aliphatic heterocycles. The maximum absolute atomic E-state index is 6.51.